The topological polar surface area (TPSA) is 79.9 Å². The third-order valence-electron chi connectivity index (χ3n) is 2.04. The van der Waals surface area contributed by atoms with Crippen LogP contribution in [0.25, 0.3) is 0 Å². The van der Waals surface area contributed by atoms with E-state index >= 15 is 0 Å². The van der Waals surface area contributed by atoms with Crippen LogP contribution in [0.15, 0.2) is 5.16 Å². The maximum atomic E-state index is 8.40. The zero-order chi connectivity index (χ0) is 10.8. The van der Waals surface area contributed by atoms with Crippen LogP contribution in [-0.4, -0.2) is 37.3 Å². The second kappa shape index (κ2) is 8.77. The number of nitrogens with zero attached hydrogens (tertiary/aromatic N) is 1. The summed E-state index contributed by atoms with van der Waals surface area (Å²) in [5.41, 5.74) is 5.42. The summed E-state index contributed by atoms with van der Waals surface area (Å²) in [4.78, 5) is 0. The molecule has 1 unspecified atom stereocenters. The molecule has 0 radical (unpaired) electrons. The Morgan fingerprint density at radius 1 is 1.64 bits per heavy atom. The lowest BCUT2D eigenvalue weighted by atomic mass is 10.1. The van der Waals surface area contributed by atoms with Gasteiger partial charge in [0.15, 0.2) is 0 Å². The van der Waals surface area contributed by atoms with E-state index in [2.05, 4.69) is 17.4 Å². The van der Waals surface area contributed by atoms with Gasteiger partial charge in [-0.25, -0.2) is 0 Å². The molecule has 0 aliphatic rings. The molecule has 1 atom stereocenters. The molecule has 0 saturated heterocycles. The molecule has 0 saturated carbocycles. The molecule has 0 bridgehead atoms. The molecule has 0 fully saturated rings. The zero-order valence-corrected chi connectivity index (χ0v) is 8.99. The maximum absolute atomic E-state index is 8.40. The van der Waals surface area contributed by atoms with Gasteiger partial charge in [-0.05, 0) is 19.4 Å². The third-order valence-corrected chi connectivity index (χ3v) is 2.04. The molecule has 5 heteroatoms. The van der Waals surface area contributed by atoms with E-state index < -0.39 is 0 Å². The number of ether oxygens (including phenoxy) is 1. The summed E-state index contributed by atoms with van der Waals surface area (Å²) in [6, 6.07) is 0.280. The van der Waals surface area contributed by atoms with Gasteiger partial charge in [-0.3, -0.25) is 0 Å². The monoisotopic (exact) mass is 203 g/mol. The van der Waals surface area contributed by atoms with E-state index in [1.165, 1.54) is 0 Å². The van der Waals surface area contributed by atoms with Gasteiger partial charge in [0.2, 0.25) is 0 Å². The van der Waals surface area contributed by atoms with Crippen molar-refractivity contribution >= 4 is 5.84 Å². The number of hydrogen-bond acceptors (Lipinski definition) is 4. The van der Waals surface area contributed by atoms with Crippen LogP contribution < -0.4 is 11.1 Å². The molecule has 4 N–H and O–H groups in total. The Hall–Kier alpha value is -0.810. The largest absolute Gasteiger partial charge is 0.409 e. The van der Waals surface area contributed by atoms with Gasteiger partial charge in [0, 0.05) is 26.2 Å². The summed E-state index contributed by atoms with van der Waals surface area (Å²) in [6.07, 6.45) is 2.52. The predicted octanol–water partition coefficient (Wildman–Crippen LogP) is 0.528. The fourth-order valence-electron chi connectivity index (χ4n) is 1.18. The number of hydrogen-bond donors (Lipinski definition) is 3. The zero-order valence-electron chi connectivity index (χ0n) is 8.99. The molecule has 0 aromatic heterocycles. The van der Waals surface area contributed by atoms with Gasteiger partial charge in [0.25, 0.3) is 0 Å². The first-order valence-electron chi connectivity index (χ1n) is 4.93. The highest BCUT2D eigenvalue weighted by Crippen LogP contribution is 1.97. The molecule has 5 nitrogen and oxygen atoms in total. The maximum Gasteiger partial charge on any atom is 0.140 e. The molecule has 84 valence electrons. The lowest BCUT2D eigenvalue weighted by Crippen LogP contribution is -2.34. The van der Waals surface area contributed by atoms with Crippen molar-refractivity contribution in [2.75, 3.05) is 20.3 Å². The SMILES string of the molecule is CCC(CC(N)=NO)NCCCOC. The van der Waals surface area contributed by atoms with Crippen molar-refractivity contribution in [2.24, 2.45) is 10.9 Å². The van der Waals surface area contributed by atoms with Crippen molar-refractivity contribution in [1.29, 1.82) is 0 Å². The van der Waals surface area contributed by atoms with Crippen molar-refractivity contribution < 1.29 is 9.94 Å². The molecule has 0 aliphatic carbocycles. The number of oxime groups is 1. The molecule has 0 heterocycles. The van der Waals surface area contributed by atoms with Crippen LogP contribution in [0.1, 0.15) is 26.2 Å². The van der Waals surface area contributed by atoms with Crippen LogP contribution in [0, 0.1) is 0 Å². The molecular formula is C9H21N3O2. The van der Waals surface area contributed by atoms with Crippen molar-refractivity contribution in [1.82, 2.24) is 5.32 Å². The average molecular weight is 203 g/mol. The molecule has 0 aromatic carbocycles. The molecule has 0 spiro atoms. The molecule has 0 aliphatic heterocycles. The van der Waals surface area contributed by atoms with Crippen molar-refractivity contribution in [3.63, 3.8) is 0 Å². The number of rotatable bonds is 8. The van der Waals surface area contributed by atoms with Crippen LogP contribution in [0.3, 0.4) is 0 Å². The quantitative estimate of drug-likeness (QED) is 0.177. The number of nitrogens with one attached hydrogen (secondary N) is 1. The van der Waals surface area contributed by atoms with Gasteiger partial charge in [0.1, 0.15) is 5.84 Å². The second-order valence-corrected chi connectivity index (χ2v) is 3.20. The predicted molar refractivity (Wildman–Crippen MR) is 56.6 cm³/mol. The van der Waals surface area contributed by atoms with Crippen LogP contribution in [0.2, 0.25) is 0 Å². The van der Waals surface area contributed by atoms with Crippen LogP contribution in [0.4, 0.5) is 0 Å². The Bertz CT molecular complexity index is 162. The number of methoxy groups -OCH3 is 1. The standard InChI is InChI=1S/C9H21N3O2/c1-3-8(7-9(10)12-13)11-5-4-6-14-2/h8,11,13H,3-7H2,1-2H3,(H2,10,12). The number of amidine groups is 1. The van der Waals surface area contributed by atoms with E-state index in [1.54, 1.807) is 7.11 Å². The summed E-state index contributed by atoms with van der Waals surface area (Å²) in [5, 5.41) is 14.7. The lowest BCUT2D eigenvalue weighted by molar-refractivity contribution is 0.193. The smallest absolute Gasteiger partial charge is 0.140 e. The summed E-state index contributed by atoms with van der Waals surface area (Å²) in [6.45, 7) is 3.72. The molecule has 0 aromatic rings. The number of nitrogens with two attached hydrogens (primary N) is 1. The van der Waals surface area contributed by atoms with E-state index in [9.17, 15) is 0 Å². The van der Waals surface area contributed by atoms with E-state index in [4.69, 9.17) is 15.7 Å². The van der Waals surface area contributed by atoms with Gasteiger partial charge in [-0.2, -0.15) is 0 Å². The fraction of sp³-hybridized carbons (Fsp3) is 0.889. The van der Waals surface area contributed by atoms with E-state index in [0.717, 1.165) is 26.0 Å². The van der Waals surface area contributed by atoms with Crippen molar-refractivity contribution in [2.45, 2.75) is 32.2 Å². The minimum atomic E-state index is 0.274. The Labute approximate surface area is 85.3 Å². The van der Waals surface area contributed by atoms with Gasteiger partial charge >= 0.3 is 0 Å². The molecule has 0 rings (SSSR count). The average Bonchev–Trinajstić information content (AvgIpc) is 2.22. The Kier molecular flexibility index (Phi) is 8.27. The van der Waals surface area contributed by atoms with Crippen LogP contribution in [0.5, 0.6) is 0 Å². The third kappa shape index (κ3) is 6.68. The molecular weight excluding hydrogens is 182 g/mol. The van der Waals surface area contributed by atoms with Crippen molar-refractivity contribution in [3.05, 3.63) is 0 Å². The second-order valence-electron chi connectivity index (χ2n) is 3.20. The van der Waals surface area contributed by atoms with Crippen LogP contribution in [-0.2, 0) is 4.74 Å². The molecule has 0 amide bonds. The Morgan fingerprint density at radius 2 is 2.36 bits per heavy atom. The highest BCUT2D eigenvalue weighted by atomic mass is 16.5. The van der Waals surface area contributed by atoms with E-state index in [-0.39, 0.29) is 11.9 Å². The van der Waals surface area contributed by atoms with E-state index in [0.29, 0.717) is 6.42 Å². The van der Waals surface area contributed by atoms with Gasteiger partial charge in [-0.1, -0.05) is 12.1 Å². The van der Waals surface area contributed by atoms with Gasteiger partial charge < -0.3 is 21.0 Å². The normalized spacial score (nSPS) is 14.3. The van der Waals surface area contributed by atoms with Gasteiger partial charge in [-0.15, -0.1) is 0 Å². The first kappa shape index (κ1) is 13.2. The van der Waals surface area contributed by atoms with Crippen LogP contribution >= 0.6 is 0 Å². The molecule has 14 heavy (non-hydrogen) atoms. The van der Waals surface area contributed by atoms with Crippen molar-refractivity contribution in [3.8, 4) is 0 Å². The Morgan fingerprint density at radius 3 is 2.86 bits per heavy atom. The summed E-state index contributed by atoms with van der Waals surface area (Å²) in [7, 11) is 1.69. The van der Waals surface area contributed by atoms with Gasteiger partial charge in [0.05, 0.1) is 0 Å². The summed E-state index contributed by atoms with van der Waals surface area (Å²) >= 11 is 0. The summed E-state index contributed by atoms with van der Waals surface area (Å²) < 4.78 is 4.93. The van der Waals surface area contributed by atoms with E-state index in [1.807, 2.05) is 0 Å². The highest BCUT2D eigenvalue weighted by Gasteiger charge is 2.07. The lowest BCUT2D eigenvalue weighted by Gasteiger charge is -2.15. The minimum Gasteiger partial charge on any atom is -0.409 e. The minimum absolute atomic E-state index is 0.274. The highest BCUT2D eigenvalue weighted by molar-refractivity contribution is 5.80. The fourth-order valence-corrected chi connectivity index (χ4v) is 1.18. The summed E-state index contributed by atoms with van der Waals surface area (Å²) in [5.74, 6) is 0.274. The Balaban J connectivity index is 3.58. The first-order valence-corrected chi connectivity index (χ1v) is 4.93. The first-order chi connectivity index (χ1) is 6.74.